The van der Waals surface area contributed by atoms with E-state index in [1.54, 1.807) is 12.2 Å². The fraction of sp³-hybridized carbons (Fsp3) is 0.118. The van der Waals surface area contributed by atoms with Gasteiger partial charge in [0.2, 0.25) is 0 Å². The van der Waals surface area contributed by atoms with Crippen molar-refractivity contribution >= 4 is 38.7 Å². The minimum absolute atomic E-state index is 0.00538. The lowest BCUT2D eigenvalue weighted by Gasteiger charge is -2.03. The molecule has 0 radical (unpaired) electrons. The third-order valence-electron chi connectivity index (χ3n) is 2.70. The van der Waals surface area contributed by atoms with Crippen molar-refractivity contribution in [1.29, 1.82) is 0 Å². The van der Waals surface area contributed by atoms with Crippen LogP contribution in [0.4, 0.5) is 0 Å². The fourth-order valence-electron chi connectivity index (χ4n) is 1.67. The van der Waals surface area contributed by atoms with E-state index in [1.807, 2.05) is 47.9 Å². The lowest BCUT2D eigenvalue weighted by molar-refractivity contribution is -0.110. The second-order valence-electron chi connectivity index (χ2n) is 4.29. The minimum atomic E-state index is -0.370. The van der Waals surface area contributed by atoms with Crippen LogP contribution in [0.3, 0.4) is 0 Å². The summed E-state index contributed by atoms with van der Waals surface area (Å²) in [4.78, 5) is 11.7. The van der Waals surface area contributed by atoms with Gasteiger partial charge in [0.1, 0.15) is 5.75 Å². The molecule has 21 heavy (non-hydrogen) atoms. The van der Waals surface area contributed by atoms with Crippen LogP contribution in [0.25, 0.3) is 6.08 Å². The quantitative estimate of drug-likeness (QED) is 0.434. The number of benzene rings is 1. The molecule has 2 nitrogen and oxygen atoms in total. The smallest absolute Gasteiger partial charge is 0.179 e. The summed E-state index contributed by atoms with van der Waals surface area (Å²) < 4.78 is 5.47. The molecule has 1 aliphatic heterocycles. The second kappa shape index (κ2) is 8.70. The number of halogens is 1. The molecule has 1 heterocycles. The molecular formula is C17H17BrO2S. The maximum atomic E-state index is 11.7. The molecule has 0 aliphatic carbocycles. The SMILES string of the molecule is O=C(C=Cc1ccc(OCCBr)cc1)C=C[SH]1C=CC=C1. The van der Waals surface area contributed by atoms with E-state index >= 15 is 0 Å². The highest BCUT2D eigenvalue weighted by atomic mass is 79.9. The first kappa shape index (κ1) is 15.9. The third-order valence-corrected chi connectivity index (χ3v) is 4.55. The van der Waals surface area contributed by atoms with Crippen LogP contribution in [0.5, 0.6) is 5.75 Å². The van der Waals surface area contributed by atoms with Crippen LogP contribution in [0, 0.1) is 0 Å². The van der Waals surface area contributed by atoms with Crippen LogP contribution >= 0.6 is 26.8 Å². The van der Waals surface area contributed by atoms with Gasteiger partial charge in [-0.15, -0.1) is 0 Å². The molecule has 1 aliphatic rings. The van der Waals surface area contributed by atoms with Crippen molar-refractivity contribution in [2.75, 3.05) is 11.9 Å². The Kier molecular flexibility index (Phi) is 6.57. The summed E-state index contributed by atoms with van der Waals surface area (Å²) in [5.41, 5.74) is 0.981. The number of carbonyl (C=O) groups excluding carboxylic acids is 1. The molecule has 0 unspecified atom stereocenters. The van der Waals surface area contributed by atoms with Crippen LogP contribution < -0.4 is 4.74 Å². The van der Waals surface area contributed by atoms with Crippen LogP contribution in [-0.4, -0.2) is 17.7 Å². The van der Waals surface area contributed by atoms with E-state index in [4.69, 9.17) is 4.74 Å². The second-order valence-corrected chi connectivity index (χ2v) is 6.87. The zero-order valence-corrected chi connectivity index (χ0v) is 14.0. The lowest BCUT2D eigenvalue weighted by Crippen LogP contribution is -1.97. The van der Waals surface area contributed by atoms with Crippen LogP contribution in [-0.2, 0) is 4.79 Å². The number of allylic oxidation sites excluding steroid dienone is 4. The zero-order chi connectivity index (χ0) is 14.9. The molecule has 0 bridgehead atoms. The number of hydrogen-bond donors (Lipinski definition) is 1. The summed E-state index contributed by atoms with van der Waals surface area (Å²) in [5.74, 6) is 0.839. The molecule has 0 fully saturated rings. The standard InChI is InChI=1S/C17H17BrO2S/c18-10-11-20-17-7-4-15(5-8-17)3-6-16(19)9-14-21-12-1-2-13-21/h1-9,12-14,21H,10-11H2. The van der Waals surface area contributed by atoms with Gasteiger partial charge in [-0.1, -0.05) is 46.3 Å². The van der Waals surface area contributed by atoms with E-state index in [0.29, 0.717) is 6.61 Å². The maximum Gasteiger partial charge on any atom is 0.179 e. The van der Waals surface area contributed by atoms with Crippen molar-refractivity contribution in [1.82, 2.24) is 0 Å². The Morgan fingerprint density at radius 3 is 2.52 bits per heavy atom. The Morgan fingerprint density at radius 1 is 1.14 bits per heavy atom. The van der Waals surface area contributed by atoms with E-state index in [2.05, 4.69) is 26.7 Å². The summed E-state index contributed by atoms with van der Waals surface area (Å²) in [6, 6.07) is 7.67. The predicted octanol–water partition coefficient (Wildman–Crippen LogP) is 4.60. The largest absolute Gasteiger partial charge is 0.493 e. The molecule has 1 aromatic rings. The van der Waals surface area contributed by atoms with Crippen molar-refractivity contribution in [3.63, 3.8) is 0 Å². The van der Waals surface area contributed by atoms with E-state index in [0.717, 1.165) is 16.6 Å². The Bertz CT molecular complexity index is 573. The molecule has 0 atom stereocenters. The summed E-state index contributed by atoms with van der Waals surface area (Å²) in [6.07, 6.45) is 9.05. The molecule has 0 amide bonds. The van der Waals surface area contributed by atoms with Gasteiger partial charge in [-0.3, -0.25) is 4.79 Å². The first-order chi connectivity index (χ1) is 10.3. The molecule has 1 aromatic carbocycles. The van der Waals surface area contributed by atoms with Gasteiger partial charge in [-0.25, -0.2) is 0 Å². The van der Waals surface area contributed by atoms with Crippen LogP contribution in [0.1, 0.15) is 5.56 Å². The molecule has 0 N–H and O–H groups in total. The molecule has 0 saturated heterocycles. The van der Waals surface area contributed by atoms with E-state index in [9.17, 15) is 4.79 Å². The number of ketones is 1. The van der Waals surface area contributed by atoms with Gasteiger partial charge in [0, 0.05) is 5.33 Å². The van der Waals surface area contributed by atoms with Crippen molar-refractivity contribution in [3.05, 3.63) is 70.4 Å². The van der Waals surface area contributed by atoms with Crippen molar-refractivity contribution in [2.45, 2.75) is 0 Å². The normalized spacial score (nSPS) is 15.4. The fourth-order valence-corrected chi connectivity index (χ4v) is 3.05. The number of carbonyl (C=O) groups is 1. The topological polar surface area (TPSA) is 26.3 Å². The summed E-state index contributed by atoms with van der Waals surface area (Å²) in [6.45, 7) is 0.643. The predicted molar refractivity (Wildman–Crippen MR) is 96.2 cm³/mol. The van der Waals surface area contributed by atoms with Gasteiger partial charge in [0.15, 0.2) is 5.78 Å². The Hall–Kier alpha value is -1.52. The summed E-state index contributed by atoms with van der Waals surface area (Å²) in [5, 5.41) is 6.98. The monoisotopic (exact) mass is 364 g/mol. The van der Waals surface area contributed by atoms with Crippen molar-refractivity contribution in [2.24, 2.45) is 0 Å². The number of thiol groups is 1. The van der Waals surface area contributed by atoms with E-state index in [1.165, 1.54) is 0 Å². The number of rotatable bonds is 7. The van der Waals surface area contributed by atoms with Crippen LogP contribution in [0.2, 0.25) is 0 Å². The van der Waals surface area contributed by atoms with Gasteiger partial charge in [-0.2, -0.15) is 10.9 Å². The average molecular weight is 365 g/mol. The van der Waals surface area contributed by atoms with Gasteiger partial charge in [-0.05, 0) is 46.1 Å². The first-order valence-electron chi connectivity index (χ1n) is 6.59. The zero-order valence-electron chi connectivity index (χ0n) is 11.5. The van der Waals surface area contributed by atoms with E-state index in [-0.39, 0.29) is 16.7 Å². The molecule has 0 saturated carbocycles. The Balaban J connectivity index is 1.86. The van der Waals surface area contributed by atoms with Crippen LogP contribution in [0.15, 0.2) is 64.8 Å². The number of hydrogen-bond acceptors (Lipinski definition) is 2. The van der Waals surface area contributed by atoms with Gasteiger partial charge < -0.3 is 4.74 Å². The molecule has 0 spiro atoms. The molecule has 110 valence electrons. The average Bonchev–Trinajstić information content (AvgIpc) is 3.03. The summed E-state index contributed by atoms with van der Waals surface area (Å²) in [7, 11) is -0.370. The number of ether oxygens (including phenoxy) is 1. The number of alkyl halides is 1. The van der Waals surface area contributed by atoms with Crippen molar-refractivity contribution in [3.8, 4) is 5.75 Å². The Labute approximate surface area is 136 Å². The van der Waals surface area contributed by atoms with Crippen molar-refractivity contribution < 1.29 is 9.53 Å². The maximum absolute atomic E-state index is 11.7. The third kappa shape index (κ3) is 5.78. The van der Waals surface area contributed by atoms with Gasteiger partial charge in [0.25, 0.3) is 0 Å². The minimum Gasteiger partial charge on any atom is -0.493 e. The van der Waals surface area contributed by atoms with Gasteiger partial charge >= 0.3 is 0 Å². The molecular weight excluding hydrogens is 348 g/mol. The summed E-state index contributed by atoms with van der Waals surface area (Å²) >= 11 is 3.31. The van der Waals surface area contributed by atoms with Gasteiger partial charge in [0.05, 0.1) is 6.61 Å². The molecule has 4 heteroatoms. The first-order valence-corrected chi connectivity index (χ1v) is 9.26. The highest BCUT2D eigenvalue weighted by Gasteiger charge is 1.96. The Morgan fingerprint density at radius 2 is 1.86 bits per heavy atom. The molecule has 0 aromatic heterocycles. The highest BCUT2D eigenvalue weighted by molar-refractivity contribution is 9.09. The highest BCUT2D eigenvalue weighted by Crippen LogP contribution is 2.33. The lowest BCUT2D eigenvalue weighted by atomic mass is 10.2. The van der Waals surface area contributed by atoms with E-state index < -0.39 is 0 Å². The molecule has 2 rings (SSSR count).